The lowest BCUT2D eigenvalue weighted by molar-refractivity contribution is -0.134. The number of alkyl halides is 3. The number of halogens is 4. The summed E-state index contributed by atoms with van der Waals surface area (Å²) >= 11 is 0. The summed E-state index contributed by atoms with van der Waals surface area (Å²) in [6.07, 6.45) is -2.52. The molecule has 19 heavy (non-hydrogen) atoms. The van der Waals surface area contributed by atoms with Gasteiger partial charge in [-0.05, 0) is 19.4 Å². The first-order valence-corrected chi connectivity index (χ1v) is 5.71. The van der Waals surface area contributed by atoms with E-state index >= 15 is 0 Å². The first kappa shape index (κ1) is 16.0. The molecule has 0 saturated carbocycles. The summed E-state index contributed by atoms with van der Waals surface area (Å²) in [5.41, 5.74) is -0.522. The number of amides is 1. The van der Waals surface area contributed by atoms with Crippen molar-refractivity contribution in [2.45, 2.75) is 31.0 Å². The minimum Gasteiger partial charge on any atom is -0.387 e. The van der Waals surface area contributed by atoms with Gasteiger partial charge < -0.3 is 15.5 Å². The topological polar surface area (TPSA) is 62.7 Å². The Hall–Kier alpha value is -1.02. The molecule has 1 unspecified atom stereocenters. The van der Waals surface area contributed by atoms with Crippen molar-refractivity contribution in [3.05, 3.63) is 0 Å². The van der Waals surface area contributed by atoms with Gasteiger partial charge in [0.2, 0.25) is 0 Å². The largest absolute Gasteiger partial charge is 0.405 e. The molecule has 1 saturated heterocycles. The van der Waals surface area contributed by atoms with Crippen LogP contribution in [0.25, 0.3) is 0 Å². The molecule has 1 fully saturated rings. The lowest BCUT2D eigenvalue weighted by Crippen LogP contribution is -2.47. The molecule has 5 nitrogen and oxygen atoms in total. The Balaban J connectivity index is 0.00000180. The van der Waals surface area contributed by atoms with Crippen molar-refractivity contribution in [1.82, 2.24) is 10.6 Å². The van der Waals surface area contributed by atoms with Crippen LogP contribution in [0, 0.1) is 0 Å². The fourth-order valence-electron chi connectivity index (χ4n) is 2.09. The normalized spacial score (nSPS) is 26.4. The van der Waals surface area contributed by atoms with Crippen LogP contribution in [0.15, 0.2) is 5.16 Å². The van der Waals surface area contributed by atoms with Crippen LogP contribution in [0.4, 0.5) is 13.2 Å². The molecule has 0 aromatic rings. The second-order valence-corrected chi connectivity index (χ2v) is 4.57. The van der Waals surface area contributed by atoms with Crippen LogP contribution in [-0.4, -0.2) is 43.0 Å². The van der Waals surface area contributed by atoms with Gasteiger partial charge in [0.15, 0.2) is 5.60 Å². The Morgan fingerprint density at radius 3 is 2.84 bits per heavy atom. The molecule has 2 N–H and O–H groups in total. The van der Waals surface area contributed by atoms with Gasteiger partial charge in [0.05, 0.1) is 0 Å². The molecule has 0 radical (unpaired) electrons. The van der Waals surface area contributed by atoms with Crippen molar-refractivity contribution >= 4 is 24.0 Å². The molecule has 2 heterocycles. The molecule has 2 aliphatic rings. The van der Waals surface area contributed by atoms with Crippen LogP contribution in [0.3, 0.4) is 0 Å². The molecule has 0 aliphatic carbocycles. The quantitative estimate of drug-likeness (QED) is 0.799. The Bertz CT molecular complexity index is 368. The number of rotatable bonds is 2. The van der Waals surface area contributed by atoms with Crippen LogP contribution in [0.5, 0.6) is 0 Å². The van der Waals surface area contributed by atoms with E-state index in [0.29, 0.717) is 6.54 Å². The summed E-state index contributed by atoms with van der Waals surface area (Å²) < 4.78 is 35.9. The number of oxime groups is 1. The van der Waals surface area contributed by atoms with E-state index in [0.717, 1.165) is 19.4 Å². The standard InChI is InChI=1S/C10H14F3N3O2.ClH/c11-10(12,13)6-15-8(17)7-4-9(18-16-7)2-1-3-14-5-9;/h14H,1-6H2,(H,15,17);1H. The van der Waals surface area contributed by atoms with E-state index in [2.05, 4.69) is 10.5 Å². The monoisotopic (exact) mass is 301 g/mol. The summed E-state index contributed by atoms with van der Waals surface area (Å²) in [6.45, 7) is 0.0867. The number of carbonyl (C=O) groups is 1. The second kappa shape index (κ2) is 5.96. The van der Waals surface area contributed by atoms with Crippen LogP contribution >= 0.6 is 12.4 Å². The van der Waals surface area contributed by atoms with Crippen LogP contribution in [0.2, 0.25) is 0 Å². The minimum absolute atomic E-state index is 0. The molecule has 2 rings (SSSR count). The Labute approximate surface area is 114 Å². The van der Waals surface area contributed by atoms with E-state index in [1.807, 2.05) is 0 Å². The van der Waals surface area contributed by atoms with E-state index in [-0.39, 0.29) is 24.5 Å². The lowest BCUT2D eigenvalue weighted by Gasteiger charge is -2.30. The zero-order chi connectivity index (χ0) is 13.2. The third kappa shape index (κ3) is 4.24. The predicted molar refractivity (Wildman–Crippen MR) is 64.3 cm³/mol. The van der Waals surface area contributed by atoms with Gasteiger partial charge >= 0.3 is 6.18 Å². The van der Waals surface area contributed by atoms with Crippen molar-refractivity contribution in [3.8, 4) is 0 Å². The number of hydrogen-bond acceptors (Lipinski definition) is 4. The summed E-state index contributed by atoms with van der Waals surface area (Å²) in [5.74, 6) is -0.810. The molecule has 110 valence electrons. The van der Waals surface area contributed by atoms with E-state index in [1.165, 1.54) is 0 Å². The van der Waals surface area contributed by atoms with Crippen molar-refractivity contribution in [3.63, 3.8) is 0 Å². The van der Waals surface area contributed by atoms with Crippen molar-refractivity contribution in [2.75, 3.05) is 19.6 Å². The molecule has 1 spiro atoms. The predicted octanol–water partition coefficient (Wildman–Crippen LogP) is 0.985. The van der Waals surface area contributed by atoms with Crippen LogP contribution < -0.4 is 10.6 Å². The highest BCUT2D eigenvalue weighted by molar-refractivity contribution is 6.39. The highest BCUT2D eigenvalue weighted by Crippen LogP contribution is 2.30. The molecule has 2 aliphatic heterocycles. The maximum atomic E-state index is 12.0. The minimum atomic E-state index is -4.42. The van der Waals surface area contributed by atoms with Crippen LogP contribution in [0.1, 0.15) is 19.3 Å². The van der Waals surface area contributed by atoms with Gasteiger partial charge in [0, 0.05) is 13.0 Å². The molecule has 1 amide bonds. The number of nitrogens with zero attached hydrogens (tertiary/aromatic N) is 1. The Morgan fingerprint density at radius 2 is 2.26 bits per heavy atom. The fraction of sp³-hybridized carbons (Fsp3) is 0.800. The lowest BCUT2D eigenvalue weighted by atomic mass is 9.89. The Kier molecular flexibility index (Phi) is 5.03. The van der Waals surface area contributed by atoms with Gasteiger partial charge in [-0.2, -0.15) is 13.2 Å². The number of carbonyl (C=O) groups excluding carboxylic acids is 1. The van der Waals surface area contributed by atoms with Gasteiger partial charge in [-0.25, -0.2) is 0 Å². The van der Waals surface area contributed by atoms with E-state index in [4.69, 9.17) is 4.84 Å². The molecule has 1 atom stereocenters. The molecular formula is C10H15ClF3N3O2. The highest BCUT2D eigenvalue weighted by atomic mass is 35.5. The first-order chi connectivity index (χ1) is 8.40. The van der Waals surface area contributed by atoms with Crippen molar-refractivity contribution in [2.24, 2.45) is 5.16 Å². The van der Waals surface area contributed by atoms with Crippen LogP contribution in [-0.2, 0) is 9.63 Å². The summed E-state index contributed by atoms with van der Waals surface area (Å²) in [4.78, 5) is 16.7. The van der Waals surface area contributed by atoms with Gasteiger partial charge in [0.25, 0.3) is 5.91 Å². The third-order valence-electron chi connectivity index (χ3n) is 2.98. The zero-order valence-corrected chi connectivity index (χ0v) is 10.9. The van der Waals surface area contributed by atoms with Crippen molar-refractivity contribution < 1.29 is 22.8 Å². The van der Waals surface area contributed by atoms with Gasteiger partial charge in [-0.15, -0.1) is 12.4 Å². The van der Waals surface area contributed by atoms with Crippen molar-refractivity contribution in [1.29, 1.82) is 0 Å². The molecule has 9 heteroatoms. The summed E-state index contributed by atoms with van der Waals surface area (Å²) in [7, 11) is 0. The zero-order valence-electron chi connectivity index (χ0n) is 10.0. The number of hydrogen-bond donors (Lipinski definition) is 2. The van der Waals surface area contributed by atoms with E-state index in [9.17, 15) is 18.0 Å². The average Bonchev–Trinajstić information content (AvgIpc) is 2.70. The fourth-order valence-corrected chi connectivity index (χ4v) is 2.09. The van der Waals surface area contributed by atoms with E-state index in [1.54, 1.807) is 5.32 Å². The molecular weight excluding hydrogens is 287 g/mol. The molecule has 0 aromatic heterocycles. The number of nitrogens with one attached hydrogen (secondary N) is 2. The van der Waals surface area contributed by atoms with Gasteiger partial charge in [-0.3, -0.25) is 4.79 Å². The SMILES string of the molecule is Cl.O=C(NCC(F)(F)F)C1=NOC2(CCCNC2)C1. The van der Waals surface area contributed by atoms with Gasteiger partial charge in [-0.1, -0.05) is 5.16 Å². The summed E-state index contributed by atoms with van der Waals surface area (Å²) in [5, 5.41) is 8.53. The average molecular weight is 302 g/mol. The second-order valence-electron chi connectivity index (χ2n) is 4.57. The highest BCUT2D eigenvalue weighted by Gasteiger charge is 2.42. The van der Waals surface area contributed by atoms with Gasteiger partial charge in [0.1, 0.15) is 12.3 Å². The Morgan fingerprint density at radius 1 is 1.53 bits per heavy atom. The summed E-state index contributed by atoms with van der Waals surface area (Å²) in [6, 6.07) is 0. The number of piperidine rings is 1. The smallest absolute Gasteiger partial charge is 0.387 e. The third-order valence-corrected chi connectivity index (χ3v) is 2.98. The maximum Gasteiger partial charge on any atom is 0.405 e. The molecule has 0 aromatic carbocycles. The van der Waals surface area contributed by atoms with E-state index < -0.39 is 24.2 Å². The first-order valence-electron chi connectivity index (χ1n) is 5.71. The molecule has 0 bridgehead atoms. The maximum absolute atomic E-state index is 12.0.